The third kappa shape index (κ3) is 5.34. The minimum absolute atomic E-state index is 0.145. The molecule has 7 nitrogen and oxygen atoms in total. The maximum Gasteiger partial charge on any atom is 0.303 e. The number of ether oxygens (including phenoxy) is 4. The van der Waals surface area contributed by atoms with E-state index in [-0.39, 0.29) is 13.0 Å². The molecule has 0 spiro atoms. The molecule has 1 unspecified atom stereocenters. The zero-order valence-electron chi connectivity index (χ0n) is 11.5. The number of carbonyl (C=O) groups is 3. The summed E-state index contributed by atoms with van der Waals surface area (Å²) in [5.74, 6) is -1.59. The van der Waals surface area contributed by atoms with Gasteiger partial charge in [-0.05, 0) is 0 Å². The lowest BCUT2D eigenvalue weighted by atomic mass is 10.0. The molecule has 1 saturated heterocycles. The lowest BCUT2D eigenvalue weighted by Gasteiger charge is -2.38. The van der Waals surface area contributed by atoms with Gasteiger partial charge in [0.25, 0.3) is 0 Å². The van der Waals surface area contributed by atoms with Crippen LogP contribution < -0.4 is 0 Å². The van der Waals surface area contributed by atoms with Gasteiger partial charge in [0.15, 0.2) is 6.10 Å². The molecule has 0 N–H and O–H groups in total. The molecule has 114 valence electrons. The first-order valence-corrected chi connectivity index (χ1v) is 6.50. The van der Waals surface area contributed by atoms with Crippen LogP contribution in [0.15, 0.2) is 0 Å². The van der Waals surface area contributed by atoms with Crippen molar-refractivity contribution in [3.8, 4) is 0 Å². The number of esters is 3. The molecular formula is C12H17ClO7. The quantitative estimate of drug-likeness (QED) is 0.430. The maximum absolute atomic E-state index is 11.1. The molecule has 0 aromatic rings. The molecule has 1 aliphatic heterocycles. The van der Waals surface area contributed by atoms with E-state index in [1.165, 1.54) is 20.8 Å². The van der Waals surface area contributed by atoms with Gasteiger partial charge in [0.1, 0.15) is 24.4 Å². The molecule has 0 radical (unpaired) electrons. The van der Waals surface area contributed by atoms with Gasteiger partial charge >= 0.3 is 17.9 Å². The number of halogens is 1. The van der Waals surface area contributed by atoms with Crippen molar-refractivity contribution in [1.82, 2.24) is 0 Å². The predicted molar refractivity (Wildman–Crippen MR) is 66.9 cm³/mol. The zero-order chi connectivity index (χ0) is 15.3. The fourth-order valence-corrected chi connectivity index (χ4v) is 2.19. The van der Waals surface area contributed by atoms with E-state index in [1.54, 1.807) is 0 Å². The molecule has 0 aliphatic carbocycles. The molecule has 8 heteroatoms. The molecule has 1 rings (SSSR count). The van der Waals surface area contributed by atoms with Crippen molar-refractivity contribution in [3.05, 3.63) is 0 Å². The largest absolute Gasteiger partial charge is 0.463 e. The van der Waals surface area contributed by atoms with Crippen LogP contribution in [-0.4, -0.2) is 48.4 Å². The Labute approximate surface area is 121 Å². The first-order valence-electron chi connectivity index (χ1n) is 6.07. The highest BCUT2D eigenvalue weighted by atomic mass is 35.5. The summed E-state index contributed by atoms with van der Waals surface area (Å²) in [4.78, 5) is 33.1. The predicted octanol–water partition coefficient (Wildman–Crippen LogP) is 0.767. The standard InChI is InChI=1S/C12H17ClO7/c1-6(14)17-5-10-12(19-8(3)16)9(18-7(2)15)4-11(13)20-10/h9-12H,4-5H2,1-3H3/t9-,10-,11?,12+/m1/s1. The van der Waals surface area contributed by atoms with Gasteiger partial charge < -0.3 is 18.9 Å². The summed E-state index contributed by atoms with van der Waals surface area (Å²) in [7, 11) is 0. The van der Waals surface area contributed by atoms with Gasteiger partial charge in [0.2, 0.25) is 0 Å². The summed E-state index contributed by atoms with van der Waals surface area (Å²) in [6.45, 7) is 3.56. The van der Waals surface area contributed by atoms with Crippen LogP contribution in [0.3, 0.4) is 0 Å². The normalized spacial score (nSPS) is 29.4. The molecule has 1 aliphatic rings. The van der Waals surface area contributed by atoms with Crippen LogP contribution in [0.25, 0.3) is 0 Å². The second-order valence-electron chi connectivity index (χ2n) is 4.34. The summed E-state index contributed by atoms with van der Waals surface area (Å²) in [6, 6.07) is 0. The Morgan fingerprint density at radius 1 is 1.10 bits per heavy atom. The van der Waals surface area contributed by atoms with Gasteiger partial charge in [-0.2, -0.15) is 0 Å². The van der Waals surface area contributed by atoms with E-state index >= 15 is 0 Å². The molecule has 4 atom stereocenters. The second-order valence-corrected chi connectivity index (χ2v) is 4.83. The highest BCUT2D eigenvalue weighted by molar-refractivity contribution is 6.19. The first kappa shape index (κ1) is 16.7. The number of carbonyl (C=O) groups excluding carboxylic acids is 3. The lowest BCUT2D eigenvalue weighted by Crippen LogP contribution is -2.52. The van der Waals surface area contributed by atoms with Crippen molar-refractivity contribution in [2.45, 2.75) is 51.1 Å². The van der Waals surface area contributed by atoms with Crippen molar-refractivity contribution in [1.29, 1.82) is 0 Å². The van der Waals surface area contributed by atoms with E-state index in [0.29, 0.717) is 0 Å². The average Bonchev–Trinajstić information content (AvgIpc) is 2.28. The summed E-state index contributed by atoms with van der Waals surface area (Å²) >= 11 is 5.91. The Hall–Kier alpha value is -1.34. The smallest absolute Gasteiger partial charge is 0.303 e. The fourth-order valence-electron chi connectivity index (χ4n) is 1.88. The van der Waals surface area contributed by atoms with Gasteiger partial charge in [-0.1, -0.05) is 11.6 Å². The highest BCUT2D eigenvalue weighted by Gasteiger charge is 2.43. The van der Waals surface area contributed by atoms with Crippen molar-refractivity contribution < 1.29 is 33.3 Å². The van der Waals surface area contributed by atoms with Gasteiger partial charge in [-0.3, -0.25) is 14.4 Å². The van der Waals surface area contributed by atoms with E-state index in [1.807, 2.05) is 0 Å². The van der Waals surface area contributed by atoms with E-state index in [9.17, 15) is 14.4 Å². The number of alkyl halides is 1. The summed E-state index contributed by atoms with van der Waals surface area (Å²) in [5, 5.41) is 0. The van der Waals surface area contributed by atoms with Crippen molar-refractivity contribution in [2.24, 2.45) is 0 Å². The van der Waals surface area contributed by atoms with E-state index < -0.39 is 41.8 Å². The number of hydrogen-bond acceptors (Lipinski definition) is 7. The Kier molecular flexibility index (Phi) is 6.22. The van der Waals surface area contributed by atoms with Gasteiger partial charge in [-0.15, -0.1) is 0 Å². The Balaban J connectivity index is 2.82. The van der Waals surface area contributed by atoms with Crippen LogP contribution >= 0.6 is 11.6 Å². The molecule has 1 heterocycles. The number of rotatable bonds is 4. The molecule has 0 aromatic carbocycles. The molecule has 0 amide bonds. The van der Waals surface area contributed by atoms with Crippen molar-refractivity contribution in [2.75, 3.05) is 6.61 Å². The second kappa shape index (κ2) is 7.44. The first-order chi connectivity index (χ1) is 9.29. The molecular weight excluding hydrogens is 292 g/mol. The van der Waals surface area contributed by atoms with Crippen LogP contribution in [-0.2, 0) is 33.3 Å². The maximum atomic E-state index is 11.1. The minimum Gasteiger partial charge on any atom is -0.463 e. The van der Waals surface area contributed by atoms with Crippen molar-refractivity contribution >= 4 is 29.5 Å². The molecule has 1 fully saturated rings. The van der Waals surface area contributed by atoms with E-state index in [2.05, 4.69) is 0 Å². The monoisotopic (exact) mass is 308 g/mol. The SMILES string of the molecule is CC(=O)OC[C@H]1OC(Cl)C[C@@H](OC(C)=O)[C@@H]1OC(C)=O. The van der Waals surface area contributed by atoms with Crippen LogP contribution in [0.5, 0.6) is 0 Å². The van der Waals surface area contributed by atoms with Crippen LogP contribution in [0, 0.1) is 0 Å². The molecule has 0 bridgehead atoms. The summed E-state index contributed by atoms with van der Waals surface area (Å²) < 4.78 is 20.4. The van der Waals surface area contributed by atoms with Crippen LogP contribution in [0.1, 0.15) is 27.2 Å². The van der Waals surface area contributed by atoms with Crippen molar-refractivity contribution in [3.63, 3.8) is 0 Å². The van der Waals surface area contributed by atoms with Gasteiger partial charge in [0, 0.05) is 27.2 Å². The third-order valence-corrected chi connectivity index (χ3v) is 2.82. The Morgan fingerprint density at radius 2 is 1.70 bits per heavy atom. The summed E-state index contributed by atoms with van der Waals surface area (Å²) in [6.07, 6.45) is -2.22. The van der Waals surface area contributed by atoms with Crippen LogP contribution in [0.4, 0.5) is 0 Å². The summed E-state index contributed by atoms with van der Waals surface area (Å²) in [5.41, 5.74) is -0.730. The van der Waals surface area contributed by atoms with Crippen LogP contribution in [0.2, 0.25) is 0 Å². The average molecular weight is 309 g/mol. The Bertz CT molecular complexity index is 384. The highest BCUT2D eigenvalue weighted by Crippen LogP contribution is 2.27. The molecule has 0 aromatic heterocycles. The zero-order valence-corrected chi connectivity index (χ0v) is 12.2. The van der Waals surface area contributed by atoms with Gasteiger partial charge in [-0.25, -0.2) is 0 Å². The fraction of sp³-hybridized carbons (Fsp3) is 0.750. The van der Waals surface area contributed by atoms with Gasteiger partial charge in [0.05, 0.1) is 0 Å². The number of hydrogen-bond donors (Lipinski definition) is 0. The topological polar surface area (TPSA) is 88.1 Å². The molecule has 0 saturated carbocycles. The van der Waals surface area contributed by atoms with E-state index in [0.717, 1.165) is 0 Å². The molecule has 20 heavy (non-hydrogen) atoms. The minimum atomic E-state index is -0.870. The Morgan fingerprint density at radius 3 is 2.20 bits per heavy atom. The third-order valence-electron chi connectivity index (χ3n) is 2.54. The van der Waals surface area contributed by atoms with E-state index in [4.69, 9.17) is 30.5 Å². The lowest BCUT2D eigenvalue weighted by molar-refractivity contribution is -0.205.